The molecule has 1 N–H and O–H groups in total. The summed E-state index contributed by atoms with van der Waals surface area (Å²) in [5.41, 5.74) is 3.14. The summed E-state index contributed by atoms with van der Waals surface area (Å²) >= 11 is 0. The van der Waals surface area contributed by atoms with Crippen molar-refractivity contribution in [1.29, 1.82) is 0 Å². The number of aromatic nitrogens is 5. The third-order valence-electron chi connectivity index (χ3n) is 6.14. The molecule has 4 aromatic rings. The Morgan fingerprint density at radius 2 is 1.74 bits per heavy atom. The molecule has 1 fully saturated rings. The van der Waals surface area contributed by atoms with Crippen LogP contribution in [0.2, 0.25) is 0 Å². The van der Waals surface area contributed by atoms with Crippen molar-refractivity contribution in [2.24, 2.45) is 0 Å². The van der Waals surface area contributed by atoms with Crippen molar-refractivity contribution in [3.63, 3.8) is 0 Å². The van der Waals surface area contributed by atoms with Gasteiger partial charge in [-0.2, -0.15) is 4.68 Å². The number of hydrogen-bond acceptors (Lipinski definition) is 6. The lowest BCUT2D eigenvalue weighted by molar-refractivity contribution is 0.185. The molecule has 35 heavy (non-hydrogen) atoms. The summed E-state index contributed by atoms with van der Waals surface area (Å²) in [6.07, 6.45) is 4.66. The second kappa shape index (κ2) is 10.0. The zero-order valence-electron chi connectivity index (χ0n) is 19.4. The number of anilines is 1. The van der Waals surface area contributed by atoms with Gasteiger partial charge >= 0.3 is 6.03 Å². The smallest absolute Gasteiger partial charge is 0.346 e. The Kier molecular flexibility index (Phi) is 6.47. The molecule has 2 aromatic heterocycles. The molecule has 1 aliphatic heterocycles. The van der Waals surface area contributed by atoms with E-state index in [0.29, 0.717) is 41.7 Å². The predicted molar refractivity (Wildman–Crippen MR) is 131 cm³/mol. The number of amides is 1. The summed E-state index contributed by atoms with van der Waals surface area (Å²) in [6, 6.07) is 17.4. The number of benzene rings is 2. The molecule has 9 heteroatoms. The van der Waals surface area contributed by atoms with Crippen LogP contribution in [0.5, 0.6) is 0 Å². The quantitative estimate of drug-likeness (QED) is 0.432. The van der Waals surface area contributed by atoms with Crippen molar-refractivity contribution in [2.75, 3.05) is 18.4 Å². The highest BCUT2D eigenvalue weighted by Gasteiger charge is 2.27. The molecule has 1 aliphatic rings. The average Bonchev–Trinajstić information content (AvgIpc) is 3.35. The van der Waals surface area contributed by atoms with Gasteiger partial charge in [0, 0.05) is 24.8 Å². The Balaban J connectivity index is 1.54. The SMILES string of the molecule is CC(Nc1nccc(-c2c(-c3ccc(F)cc3)nnn2C(=O)N2CCCCC2)n1)c1ccccc1. The summed E-state index contributed by atoms with van der Waals surface area (Å²) in [5, 5.41) is 11.8. The van der Waals surface area contributed by atoms with E-state index in [1.165, 1.54) is 16.8 Å². The molecular weight excluding hydrogens is 445 g/mol. The van der Waals surface area contributed by atoms with Crippen molar-refractivity contribution < 1.29 is 9.18 Å². The number of likely N-dealkylation sites (tertiary alicyclic amines) is 1. The van der Waals surface area contributed by atoms with Gasteiger partial charge in [0.15, 0.2) is 0 Å². The van der Waals surface area contributed by atoms with Gasteiger partial charge in [-0.3, -0.25) is 0 Å². The maximum atomic E-state index is 13.6. The summed E-state index contributed by atoms with van der Waals surface area (Å²) in [7, 11) is 0. The minimum absolute atomic E-state index is 0.0268. The maximum absolute atomic E-state index is 13.6. The fourth-order valence-electron chi connectivity index (χ4n) is 4.25. The number of nitrogens with zero attached hydrogens (tertiary/aromatic N) is 6. The van der Waals surface area contributed by atoms with Crippen molar-refractivity contribution in [1.82, 2.24) is 29.9 Å². The molecule has 178 valence electrons. The third kappa shape index (κ3) is 4.89. The fourth-order valence-corrected chi connectivity index (χ4v) is 4.25. The number of halogens is 1. The Morgan fingerprint density at radius 1 is 1.00 bits per heavy atom. The van der Waals surface area contributed by atoms with E-state index in [0.717, 1.165) is 24.8 Å². The van der Waals surface area contributed by atoms with E-state index >= 15 is 0 Å². The van der Waals surface area contributed by atoms with Gasteiger partial charge in [0.05, 0.1) is 11.7 Å². The van der Waals surface area contributed by atoms with Crippen LogP contribution in [0.1, 0.15) is 37.8 Å². The zero-order chi connectivity index (χ0) is 24.2. The van der Waals surface area contributed by atoms with Gasteiger partial charge in [0.1, 0.15) is 17.2 Å². The lowest BCUT2D eigenvalue weighted by Gasteiger charge is -2.26. The van der Waals surface area contributed by atoms with Crippen LogP contribution in [0, 0.1) is 5.82 Å². The molecule has 1 unspecified atom stereocenters. The van der Waals surface area contributed by atoms with Crippen LogP contribution in [0.15, 0.2) is 66.9 Å². The second-order valence-corrected chi connectivity index (χ2v) is 8.58. The van der Waals surface area contributed by atoms with Crippen LogP contribution in [0.4, 0.5) is 15.1 Å². The third-order valence-corrected chi connectivity index (χ3v) is 6.14. The van der Waals surface area contributed by atoms with Gasteiger partial charge in [-0.15, -0.1) is 5.10 Å². The van der Waals surface area contributed by atoms with E-state index in [1.807, 2.05) is 37.3 Å². The first-order valence-corrected chi connectivity index (χ1v) is 11.8. The summed E-state index contributed by atoms with van der Waals surface area (Å²) in [5.74, 6) is 0.0672. The molecule has 8 nitrogen and oxygen atoms in total. The predicted octanol–water partition coefficient (Wildman–Crippen LogP) is 5.17. The van der Waals surface area contributed by atoms with Crippen LogP contribution >= 0.6 is 0 Å². The molecule has 3 heterocycles. The van der Waals surface area contributed by atoms with Gasteiger partial charge in [-0.1, -0.05) is 35.5 Å². The Bertz CT molecular complexity index is 1300. The Hall–Kier alpha value is -4.14. The Labute approximate surface area is 202 Å². The lowest BCUT2D eigenvalue weighted by Crippen LogP contribution is -2.39. The van der Waals surface area contributed by atoms with Crippen LogP contribution in [0.3, 0.4) is 0 Å². The van der Waals surface area contributed by atoms with Crippen LogP contribution in [0.25, 0.3) is 22.6 Å². The second-order valence-electron chi connectivity index (χ2n) is 8.58. The minimum atomic E-state index is -0.351. The summed E-state index contributed by atoms with van der Waals surface area (Å²) in [4.78, 5) is 24.3. The van der Waals surface area contributed by atoms with E-state index in [4.69, 9.17) is 4.98 Å². The highest BCUT2D eigenvalue weighted by Crippen LogP contribution is 2.30. The average molecular weight is 472 g/mol. The number of nitrogens with one attached hydrogen (secondary N) is 1. The minimum Gasteiger partial charge on any atom is -0.348 e. The van der Waals surface area contributed by atoms with Crippen molar-refractivity contribution >= 4 is 12.0 Å². The molecule has 1 atom stereocenters. The molecule has 1 amide bonds. The molecule has 5 rings (SSSR count). The largest absolute Gasteiger partial charge is 0.348 e. The van der Waals surface area contributed by atoms with Crippen molar-refractivity contribution in [3.05, 3.63) is 78.2 Å². The van der Waals surface area contributed by atoms with E-state index < -0.39 is 0 Å². The fraction of sp³-hybridized carbons (Fsp3) is 0.269. The number of carbonyl (C=O) groups excluding carboxylic acids is 1. The first-order chi connectivity index (χ1) is 17.1. The number of piperidine rings is 1. The van der Waals surface area contributed by atoms with Crippen LogP contribution in [-0.4, -0.2) is 49.0 Å². The molecule has 0 saturated carbocycles. The molecule has 0 radical (unpaired) electrons. The van der Waals surface area contributed by atoms with E-state index in [1.54, 1.807) is 29.3 Å². The Morgan fingerprint density at radius 3 is 2.49 bits per heavy atom. The standard InChI is InChI=1S/C26H26FN7O/c1-18(19-8-4-2-5-9-19)29-25-28-15-14-22(30-25)24-23(20-10-12-21(27)13-11-20)31-32-34(24)26(35)33-16-6-3-7-17-33/h2,4-5,8-15,18H,3,6-7,16-17H2,1H3,(H,28,29,30). The van der Waals surface area contributed by atoms with Gasteiger partial charge in [-0.05, 0) is 62.1 Å². The molecule has 0 aliphatic carbocycles. The van der Waals surface area contributed by atoms with E-state index in [9.17, 15) is 9.18 Å². The zero-order valence-corrected chi connectivity index (χ0v) is 19.4. The monoisotopic (exact) mass is 471 g/mol. The van der Waals surface area contributed by atoms with Gasteiger partial charge in [0.25, 0.3) is 0 Å². The number of rotatable bonds is 5. The van der Waals surface area contributed by atoms with E-state index in [-0.39, 0.29) is 17.9 Å². The lowest BCUT2D eigenvalue weighted by atomic mass is 10.1. The number of hydrogen-bond donors (Lipinski definition) is 1. The van der Waals surface area contributed by atoms with E-state index in [2.05, 4.69) is 20.6 Å². The maximum Gasteiger partial charge on any atom is 0.346 e. The summed E-state index contributed by atoms with van der Waals surface area (Å²) in [6.45, 7) is 3.38. The van der Waals surface area contributed by atoms with Crippen molar-refractivity contribution in [2.45, 2.75) is 32.2 Å². The molecule has 0 bridgehead atoms. The first kappa shape index (κ1) is 22.6. The molecule has 1 saturated heterocycles. The molecule has 2 aromatic carbocycles. The topological polar surface area (TPSA) is 88.8 Å². The molecule has 0 spiro atoms. The number of carbonyl (C=O) groups is 1. The normalized spacial score (nSPS) is 14.5. The van der Waals surface area contributed by atoms with Crippen LogP contribution < -0.4 is 5.32 Å². The highest BCUT2D eigenvalue weighted by atomic mass is 19.1. The summed E-state index contributed by atoms with van der Waals surface area (Å²) < 4.78 is 14.9. The van der Waals surface area contributed by atoms with Gasteiger partial charge < -0.3 is 10.2 Å². The van der Waals surface area contributed by atoms with Crippen LogP contribution in [-0.2, 0) is 0 Å². The first-order valence-electron chi connectivity index (χ1n) is 11.8. The van der Waals surface area contributed by atoms with Crippen molar-refractivity contribution in [3.8, 4) is 22.6 Å². The van der Waals surface area contributed by atoms with Gasteiger partial charge in [-0.25, -0.2) is 19.2 Å². The molecular formula is C26H26FN7O. The van der Waals surface area contributed by atoms with Gasteiger partial charge in [0.2, 0.25) is 5.95 Å². The highest BCUT2D eigenvalue weighted by molar-refractivity contribution is 5.86.